The largest absolute Gasteiger partial charge is 0.444 e. The van der Waals surface area contributed by atoms with E-state index in [9.17, 15) is 24.0 Å². The van der Waals surface area contributed by atoms with E-state index in [-0.39, 0.29) is 23.8 Å². The molecule has 0 unspecified atom stereocenters. The lowest BCUT2D eigenvalue weighted by Gasteiger charge is -2.29. The highest BCUT2D eigenvalue weighted by Crippen LogP contribution is 2.33. The van der Waals surface area contributed by atoms with Crippen LogP contribution in [0.5, 0.6) is 0 Å². The molecule has 0 spiro atoms. The maximum Gasteiger partial charge on any atom is 0.417 e. The van der Waals surface area contributed by atoms with Crippen molar-refractivity contribution in [3.8, 4) is 0 Å². The maximum absolute atomic E-state index is 12.5. The summed E-state index contributed by atoms with van der Waals surface area (Å²) in [5.74, 6) is -0.432. The first-order chi connectivity index (χ1) is 20.1. The molecule has 2 aliphatic rings. The molecule has 0 fully saturated rings. The zero-order chi connectivity index (χ0) is 31.3. The molecule has 0 saturated carbocycles. The van der Waals surface area contributed by atoms with Crippen molar-refractivity contribution in [2.24, 2.45) is 0 Å². The second-order valence-corrected chi connectivity index (χ2v) is 14.2. The second-order valence-electron chi connectivity index (χ2n) is 12.1. The van der Waals surface area contributed by atoms with Gasteiger partial charge in [0, 0.05) is 18.0 Å². The standard InChI is InChI=1S/C14H15N3O4S.C14H17N3O3S/c1-14(2,3)21-13(20)17-5-4-7-8-10(18)15-6-16-11(8)22-9(7)12(17)19;1-14(2,3)20-13(19)17-5-4-8-9(6-17)21-12-10(8)11(18)15-7-16-12/h6H,4-5H2,1-3H3,(H,15,16,18);7H,4-6H2,1-3H3,(H,15,16,18). The highest BCUT2D eigenvalue weighted by molar-refractivity contribution is 7.20. The average Bonchev–Trinajstić information content (AvgIpc) is 3.47. The van der Waals surface area contributed by atoms with Crippen molar-refractivity contribution in [2.45, 2.75) is 72.1 Å². The lowest BCUT2D eigenvalue weighted by molar-refractivity contribution is 0.0217. The summed E-state index contributed by atoms with van der Waals surface area (Å²) >= 11 is 2.60. The summed E-state index contributed by atoms with van der Waals surface area (Å²) in [7, 11) is 0. The number of rotatable bonds is 0. The third-order valence-corrected chi connectivity index (χ3v) is 8.78. The quantitative estimate of drug-likeness (QED) is 0.290. The summed E-state index contributed by atoms with van der Waals surface area (Å²) in [4.78, 5) is 79.4. The third-order valence-electron chi connectivity index (χ3n) is 6.53. The van der Waals surface area contributed by atoms with Gasteiger partial charge < -0.3 is 24.3 Å². The van der Waals surface area contributed by atoms with Gasteiger partial charge >= 0.3 is 12.2 Å². The summed E-state index contributed by atoms with van der Waals surface area (Å²) in [6.45, 7) is 12.0. The molecule has 0 atom stereocenters. The number of carbonyl (C=O) groups excluding carboxylic acids is 3. The Morgan fingerprint density at radius 3 is 1.93 bits per heavy atom. The molecule has 0 aliphatic carbocycles. The zero-order valence-corrected chi connectivity index (χ0v) is 26.3. The molecule has 2 N–H and O–H groups in total. The van der Waals surface area contributed by atoms with E-state index in [1.54, 1.807) is 25.7 Å². The van der Waals surface area contributed by atoms with E-state index in [4.69, 9.17) is 9.47 Å². The Balaban J connectivity index is 0.000000171. The Kier molecular flexibility index (Phi) is 7.90. The van der Waals surface area contributed by atoms with Gasteiger partial charge in [-0.25, -0.2) is 24.5 Å². The number of ether oxygens (including phenoxy) is 2. The van der Waals surface area contributed by atoms with E-state index in [0.29, 0.717) is 52.0 Å². The number of aromatic nitrogens is 4. The fourth-order valence-corrected chi connectivity index (χ4v) is 7.11. The first kappa shape index (κ1) is 30.4. The molecule has 0 aromatic carbocycles. The summed E-state index contributed by atoms with van der Waals surface area (Å²) < 4.78 is 10.6. The van der Waals surface area contributed by atoms with Crippen molar-refractivity contribution in [1.82, 2.24) is 29.7 Å². The topological polar surface area (TPSA) is 168 Å². The Morgan fingerprint density at radius 1 is 0.791 bits per heavy atom. The van der Waals surface area contributed by atoms with Crippen molar-refractivity contribution < 1.29 is 23.9 Å². The Morgan fingerprint density at radius 2 is 1.33 bits per heavy atom. The number of thiophene rings is 2. The number of imide groups is 1. The van der Waals surface area contributed by atoms with Crippen LogP contribution in [-0.2, 0) is 28.9 Å². The molecule has 4 aromatic rings. The van der Waals surface area contributed by atoms with Crippen LogP contribution in [0, 0.1) is 0 Å². The van der Waals surface area contributed by atoms with Gasteiger partial charge in [-0.05, 0) is 65.5 Å². The molecule has 2 aliphatic heterocycles. The van der Waals surface area contributed by atoms with E-state index < -0.39 is 23.2 Å². The van der Waals surface area contributed by atoms with Crippen LogP contribution >= 0.6 is 22.7 Å². The molecule has 0 saturated heterocycles. The van der Waals surface area contributed by atoms with Gasteiger partial charge in [-0.1, -0.05) is 0 Å². The van der Waals surface area contributed by atoms with Crippen LogP contribution in [0.25, 0.3) is 20.4 Å². The van der Waals surface area contributed by atoms with Gasteiger partial charge in [0.15, 0.2) is 0 Å². The minimum Gasteiger partial charge on any atom is -0.444 e. The van der Waals surface area contributed by atoms with Crippen molar-refractivity contribution in [1.29, 1.82) is 0 Å². The predicted octanol–water partition coefficient (Wildman–Crippen LogP) is 4.20. The molecule has 4 aromatic heterocycles. The Labute approximate surface area is 253 Å². The van der Waals surface area contributed by atoms with Gasteiger partial charge in [-0.15, -0.1) is 22.7 Å². The van der Waals surface area contributed by atoms with Crippen molar-refractivity contribution >= 4 is 61.2 Å². The van der Waals surface area contributed by atoms with Gasteiger partial charge in [0.1, 0.15) is 20.9 Å². The molecule has 43 heavy (non-hydrogen) atoms. The highest BCUT2D eigenvalue weighted by Gasteiger charge is 2.35. The third kappa shape index (κ3) is 6.32. The lowest BCUT2D eigenvalue weighted by Crippen LogP contribution is -2.44. The number of amides is 3. The van der Waals surface area contributed by atoms with Crippen LogP contribution in [0.1, 0.15) is 67.2 Å². The van der Waals surface area contributed by atoms with Crippen molar-refractivity contribution in [3.05, 3.63) is 54.2 Å². The molecular weight excluding hydrogens is 596 g/mol. The minimum atomic E-state index is -0.670. The molecule has 15 heteroatoms. The lowest BCUT2D eigenvalue weighted by atomic mass is 10.1. The molecular formula is C28H32N6O7S2. The summed E-state index contributed by atoms with van der Waals surface area (Å²) in [6.07, 6.45) is 2.83. The monoisotopic (exact) mass is 628 g/mol. The van der Waals surface area contributed by atoms with Crippen LogP contribution < -0.4 is 11.1 Å². The molecule has 6 heterocycles. The second kappa shape index (κ2) is 11.2. The number of aromatic amines is 2. The number of H-pyrrole nitrogens is 2. The van der Waals surface area contributed by atoms with Crippen LogP contribution in [0.4, 0.5) is 9.59 Å². The van der Waals surface area contributed by atoms with Crippen LogP contribution in [0.2, 0.25) is 0 Å². The van der Waals surface area contributed by atoms with E-state index in [2.05, 4.69) is 19.9 Å². The number of hydrogen-bond donors (Lipinski definition) is 2. The molecule has 0 radical (unpaired) electrons. The van der Waals surface area contributed by atoms with Crippen molar-refractivity contribution in [3.63, 3.8) is 0 Å². The van der Waals surface area contributed by atoms with Gasteiger partial charge in [-0.3, -0.25) is 14.4 Å². The summed E-state index contributed by atoms with van der Waals surface area (Å²) in [5, 5.41) is 1.11. The maximum atomic E-state index is 12.5. The van der Waals surface area contributed by atoms with Gasteiger partial charge in [0.25, 0.3) is 17.0 Å². The SMILES string of the molecule is CC(C)(C)OC(=O)N1CCc2c(sc3nc[nH]c(=O)c23)C1.CC(C)(C)OC(=O)N1CCc2c(sc3nc[nH]c(=O)c23)C1=O. The normalized spacial score (nSPS) is 15.1. The van der Waals surface area contributed by atoms with E-state index >= 15 is 0 Å². The molecule has 228 valence electrons. The zero-order valence-electron chi connectivity index (χ0n) is 24.7. The molecule has 6 rings (SSSR count). The first-order valence-corrected chi connectivity index (χ1v) is 15.3. The van der Waals surface area contributed by atoms with Crippen LogP contribution in [-0.4, -0.2) is 72.1 Å². The molecule has 13 nitrogen and oxygen atoms in total. The first-order valence-electron chi connectivity index (χ1n) is 13.6. The van der Waals surface area contributed by atoms with E-state index in [0.717, 1.165) is 31.5 Å². The van der Waals surface area contributed by atoms with Gasteiger partial charge in [0.2, 0.25) is 0 Å². The summed E-state index contributed by atoms with van der Waals surface area (Å²) in [5.41, 5.74) is 0.139. The van der Waals surface area contributed by atoms with Crippen LogP contribution in [0.3, 0.4) is 0 Å². The number of hydrogen-bond acceptors (Lipinski definition) is 11. The smallest absolute Gasteiger partial charge is 0.417 e. The number of carbonyl (C=O) groups is 3. The predicted molar refractivity (Wildman–Crippen MR) is 162 cm³/mol. The number of nitrogens with one attached hydrogen (secondary N) is 2. The Hall–Kier alpha value is -4.11. The summed E-state index contributed by atoms with van der Waals surface area (Å²) in [6, 6.07) is 0. The highest BCUT2D eigenvalue weighted by atomic mass is 32.1. The van der Waals surface area contributed by atoms with E-state index in [1.165, 1.54) is 24.0 Å². The molecule has 3 amide bonds. The average molecular weight is 629 g/mol. The number of fused-ring (bicyclic) bond motifs is 6. The fourth-order valence-electron chi connectivity index (χ4n) is 4.77. The van der Waals surface area contributed by atoms with Crippen LogP contribution in [0.15, 0.2) is 22.2 Å². The van der Waals surface area contributed by atoms with Gasteiger partial charge in [0.05, 0.1) is 34.8 Å². The molecule has 0 bridgehead atoms. The van der Waals surface area contributed by atoms with Crippen molar-refractivity contribution in [2.75, 3.05) is 13.1 Å². The van der Waals surface area contributed by atoms with E-state index in [1.807, 2.05) is 20.8 Å². The fraction of sp³-hybridized carbons (Fsp3) is 0.464. The Bertz CT molecular complexity index is 1860. The minimum absolute atomic E-state index is 0.108. The number of nitrogens with zero attached hydrogens (tertiary/aromatic N) is 4. The van der Waals surface area contributed by atoms with Gasteiger partial charge in [-0.2, -0.15) is 0 Å².